The van der Waals surface area contributed by atoms with Gasteiger partial charge in [-0.05, 0) is 55.2 Å². The molecule has 0 heterocycles. The Morgan fingerprint density at radius 3 is 2.42 bits per heavy atom. The largest absolute Gasteiger partial charge is 0.484 e. The molecule has 0 atom stereocenters. The summed E-state index contributed by atoms with van der Waals surface area (Å²) in [5.41, 5.74) is 1.83. The summed E-state index contributed by atoms with van der Waals surface area (Å²) in [6.45, 7) is 15.2. The van der Waals surface area contributed by atoms with Crippen LogP contribution in [0.5, 0.6) is 0 Å². The minimum Gasteiger partial charge on any atom is -0.484 e. The maximum atomic E-state index is 11.3. The van der Waals surface area contributed by atoms with Crippen molar-refractivity contribution in [2.24, 2.45) is 0 Å². The van der Waals surface area contributed by atoms with Gasteiger partial charge in [0, 0.05) is 0 Å². The lowest BCUT2D eigenvalue weighted by atomic mass is 10.1. The van der Waals surface area contributed by atoms with E-state index in [4.69, 9.17) is 9.16 Å². The SMILES string of the molecule is CC(C)O/C(=C/c1cccc(CO[Si](C)(C)C(C)(C)C)c1)C(=O)O. The second-order valence-electron chi connectivity index (χ2n) is 7.77. The van der Waals surface area contributed by atoms with E-state index >= 15 is 0 Å². The van der Waals surface area contributed by atoms with Crippen molar-refractivity contribution in [1.82, 2.24) is 0 Å². The van der Waals surface area contributed by atoms with E-state index in [-0.39, 0.29) is 16.9 Å². The maximum absolute atomic E-state index is 11.3. The van der Waals surface area contributed by atoms with Crippen LogP contribution in [0.15, 0.2) is 30.0 Å². The quantitative estimate of drug-likeness (QED) is 0.424. The van der Waals surface area contributed by atoms with Crippen molar-refractivity contribution < 1.29 is 19.1 Å². The van der Waals surface area contributed by atoms with E-state index in [0.29, 0.717) is 6.61 Å². The highest BCUT2D eigenvalue weighted by Gasteiger charge is 2.36. The van der Waals surface area contributed by atoms with E-state index < -0.39 is 14.3 Å². The number of hydrogen-bond donors (Lipinski definition) is 1. The summed E-state index contributed by atoms with van der Waals surface area (Å²) in [6, 6.07) is 7.71. The van der Waals surface area contributed by atoms with Crippen molar-refractivity contribution in [1.29, 1.82) is 0 Å². The lowest BCUT2D eigenvalue weighted by Crippen LogP contribution is -2.40. The average molecular weight is 351 g/mol. The Labute approximate surface area is 146 Å². The van der Waals surface area contributed by atoms with Crippen LogP contribution in [0.25, 0.3) is 6.08 Å². The molecule has 0 unspecified atom stereocenters. The van der Waals surface area contributed by atoms with Crippen molar-refractivity contribution in [2.75, 3.05) is 0 Å². The molecule has 24 heavy (non-hydrogen) atoms. The van der Waals surface area contributed by atoms with Gasteiger partial charge in [0.15, 0.2) is 8.32 Å². The van der Waals surface area contributed by atoms with Crippen molar-refractivity contribution in [3.05, 3.63) is 41.2 Å². The van der Waals surface area contributed by atoms with Gasteiger partial charge in [-0.15, -0.1) is 0 Å². The first-order valence-corrected chi connectivity index (χ1v) is 11.2. The Balaban J connectivity index is 2.92. The molecule has 0 radical (unpaired) electrons. The van der Waals surface area contributed by atoms with Gasteiger partial charge < -0.3 is 14.3 Å². The van der Waals surface area contributed by atoms with Crippen LogP contribution >= 0.6 is 0 Å². The van der Waals surface area contributed by atoms with Crippen molar-refractivity contribution in [3.63, 3.8) is 0 Å². The first-order chi connectivity index (χ1) is 10.9. The number of carbonyl (C=O) groups is 1. The molecule has 134 valence electrons. The molecule has 1 aromatic carbocycles. The third kappa shape index (κ3) is 6.13. The summed E-state index contributed by atoms with van der Waals surface area (Å²) in [4.78, 5) is 11.3. The Morgan fingerprint density at radius 1 is 1.29 bits per heavy atom. The fourth-order valence-corrected chi connectivity index (χ4v) is 2.76. The van der Waals surface area contributed by atoms with E-state index in [0.717, 1.165) is 11.1 Å². The first-order valence-electron chi connectivity index (χ1n) is 8.27. The molecule has 0 fully saturated rings. The van der Waals surface area contributed by atoms with Crippen molar-refractivity contribution >= 4 is 20.4 Å². The monoisotopic (exact) mass is 350 g/mol. The van der Waals surface area contributed by atoms with E-state index in [1.807, 2.05) is 24.3 Å². The Kier molecular flexibility index (Phi) is 6.81. The second-order valence-corrected chi connectivity index (χ2v) is 12.6. The van der Waals surface area contributed by atoms with Crippen LogP contribution in [0.2, 0.25) is 18.1 Å². The smallest absolute Gasteiger partial charge is 0.371 e. The molecule has 1 aromatic rings. The van der Waals surface area contributed by atoms with Gasteiger partial charge in [0.1, 0.15) is 0 Å². The Morgan fingerprint density at radius 2 is 1.92 bits per heavy atom. The lowest BCUT2D eigenvalue weighted by molar-refractivity contribution is -0.137. The molecule has 0 spiro atoms. The number of aliphatic carboxylic acids is 1. The number of ether oxygens (including phenoxy) is 1. The van der Waals surface area contributed by atoms with E-state index in [9.17, 15) is 9.90 Å². The standard InChI is InChI=1S/C19H30O4Si/c1-14(2)23-17(18(20)21)12-15-9-8-10-16(11-15)13-22-24(6,7)19(3,4)5/h8-12,14H,13H2,1-7H3,(H,20,21)/b17-12+. The maximum Gasteiger partial charge on any atom is 0.371 e. The highest BCUT2D eigenvalue weighted by atomic mass is 28.4. The minimum absolute atomic E-state index is 0.0486. The minimum atomic E-state index is -1.81. The third-order valence-electron chi connectivity index (χ3n) is 4.23. The lowest BCUT2D eigenvalue weighted by Gasteiger charge is -2.36. The first kappa shape index (κ1) is 20.5. The van der Waals surface area contributed by atoms with Crippen LogP contribution in [0.4, 0.5) is 0 Å². The van der Waals surface area contributed by atoms with Gasteiger partial charge in [0.05, 0.1) is 12.7 Å². The number of rotatable bonds is 7. The van der Waals surface area contributed by atoms with Crippen LogP contribution in [0, 0.1) is 0 Å². The molecule has 0 saturated carbocycles. The molecule has 0 bridgehead atoms. The zero-order chi connectivity index (χ0) is 18.5. The summed E-state index contributed by atoms with van der Waals surface area (Å²) >= 11 is 0. The Hall–Kier alpha value is -1.59. The molecular formula is C19H30O4Si. The summed E-state index contributed by atoms with van der Waals surface area (Å²) < 4.78 is 11.6. The van der Waals surface area contributed by atoms with E-state index in [2.05, 4.69) is 33.9 Å². The van der Waals surface area contributed by atoms with Gasteiger partial charge in [-0.25, -0.2) is 4.79 Å². The van der Waals surface area contributed by atoms with Gasteiger partial charge in [-0.2, -0.15) is 0 Å². The van der Waals surface area contributed by atoms with Gasteiger partial charge in [0.2, 0.25) is 5.76 Å². The van der Waals surface area contributed by atoms with Crippen LogP contribution in [-0.2, 0) is 20.6 Å². The summed E-state index contributed by atoms with van der Waals surface area (Å²) in [7, 11) is -1.81. The normalized spacial score (nSPS) is 13.2. The van der Waals surface area contributed by atoms with E-state index in [1.54, 1.807) is 19.9 Å². The zero-order valence-corrected chi connectivity index (χ0v) is 16.8. The fourth-order valence-electron chi connectivity index (χ4n) is 1.80. The third-order valence-corrected chi connectivity index (χ3v) is 8.71. The molecule has 4 nitrogen and oxygen atoms in total. The van der Waals surface area contributed by atoms with Gasteiger partial charge in [0.25, 0.3) is 0 Å². The fraction of sp³-hybridized carbons (Fsp3) is 0.526. The molecule has 0 aliphatic carbocycles. The van der Waals surface area contributed by atoms with Crippen LogP contribution in [0.3, 0.4) is 0 Å². The predicted molar refractivity (Wildman–Crippen MR) is 100 cm³/mol. The molecule has 0 aliphatic heterocycles. The van der Waals surface area contributed by atoms with Crippen LogP contribution in [0.1, 0.15) is 45.7 Å². The van der Waals surface area contributed by atoms with Crippen LogP contribution < -0.4 is 0 Å². The van der Waals surface area contributed by atoms with Gasteiger partial charge >= 0.3 is 5.97 Å². The number of carboxylic acids is 1. The second kappa shape index (κ2) is 7.99. The zero-order valence-electron chi connectivity index (χ0n) is 15.8. The summed E-state index contributed by atoms with van der Waals surface area (Å²) in [6.07, 6.45) is 1.37. The highest BCUT2D eigenvalue weighted by Crippen LogP contribution is 2.37. The number of hydrogen-bond acceptors (Lipinski definition) is 3. The molecule has 0 aliphatic rings. The Bertz CT molecular complexity index is 598. The molecule has 0 saturated heterocycles. The average Bonchev–Trinajstić information content (AvgIpc) is 2.43. The summed E-state index contributed by atoms with van der Waals surface area (Å²) in [5, 5.41) is 9.40. The highest BCUT2D eigenvalue weighted by molar-refractivity contribution is 6.74. The molecule has 5 heteroatoms. The molecule has 1 rings (SSSR count). The van der Waals surface area contributed by atoms with Crippen molar-refractivity contribution in [2.45, 2.75) is 65.5 Å². The predicted octanol–water partition coefficient (Wildman–Crippen LogP) is 5.06. The number of carboxylic acid groups (broad SMARTS) is 1. The van der Waals surface area contributed by atoms with Gasteiger partial charge in [-0.3, -0.25) is 0 Å². The van der Waals surface area contributed by atoms with Crippen LogP contribution in [-0.4, -0.2) is 25.5 Å². The number of benzene rings is 1. The molecular weight excluding hydrogens is 320 g/mol. The molecule has 1 N–H and O–H groups in total. The molecule has 0 amide bonds. The van der Waals surface area contributed by atoms with E-state index in [1.165, 1.54) is 0 Å². The van der Waals surface area contributed by atoms with Crippen molar-refractivity contribution in [3.8, 4) is 0 Å². The molecule has 0 aromatic heterocycles. The van der Waals surface area contributed by atoms with Gasteiger partial charge in [-0.1, -0.05) is 39.0 Å². The summed E-state index contributed by atoms with van der Waals surface area (Å²) in [5.74, 6) is -1.11. The topological polar surface area (TPSA) is 55.8 Å².